The molecule has 114 valence electrons. The molecule has 0 saturated heterocycles. The van der Waals surface area contributed by atoms with Crippen LogP contribution in [0.4, 0.5) is 19.0 Å². The van der Waals surface area contributed by atoms with Gasteiger partial charge in [-0.15, -0.1) is 0 Å². The van der Waals surface area contributed by atoms with E-state index in [9.17, 15) is 13.2 Å². The predicted molar refractivity (Wildman–Crippen MR) is 76.3 cm³/mol. The molecule has 2 N–H and O–H groups in total. The van der Waals surface area contributed by atoms with E-state index in [0.717, 1.165) is 5.56 Å². The number of rotatable bonds is 4. The van der Waals surface area contributed by atoms with Crippen molar-refractivity contribution in [3.05, 3.63) is 53.8 Å². The number of nitrogens with zero attached hydrogens (tertiary/aromatic N) is 2. The van der Waals surface area contributed by atoms with Gasteiger partial charge in [0.2, 0.25) is 0 Å². The maximum atomic E-state index is 14.0. The minimum atomic E-state index is -2.87. The molecule has 3 rings (SSSR count). The van der Waals surface area contributed by atoms with Crippen LogP contribution >= 0.6 is 0 Å². The fraction of sp³-hybridized carbons (Fsp3) is 0.133. The third-order valence-electron chi connectivity index (χ3n) is 3.23. The van der Waals surface area contributed by atoms with Crippen LogP contribution in [0, 0.1) is 5.82 Å². The van der Waals surface area contributed by atoms with Gasteiger partial charge in [0, 0.05) is 5.39 Å². The van der Waals surface area contributed by atoms with Crippen LogP contribution in [0.1, 0.15) is 5.56 Å². The number of anilines is 1. The van der Waals surface area contributed by atoms with E-state index in [1.54, 1.807) is 24.3 Å². The SMILES string of the molecule is Nc1nn(Cc2ccc(OC(F)F)cc2)c2c(F)cccc12. The molecule has 2 aromatic carbocycles. The number of benzene rings is 2. The quantitative estimate of drug-likeness (QED) is 0.803. The maximum absolute atomic E-state index is 14.0. The molecule has 0 amide bonds. The number of nitrogen functional groups attached to an aromatic ring is 1. The molecule has 22 heavy (non-hydrogen) atoms. The van der Waals surface area contributed by atoms with E-state index in [2.05, 4.69) is 9.84 Å². The lowest BCUT2D eigenvalue weighted by molar-refractivity contribution is -0.0498. The summed E-state index contributed by atoms with van der Waals surface area (Å²) in [6, 6.07) is 10.7. The first-order valence-corrected chi connectivity index (χ1v) is 6.49. The highest BCUT2D eigenvalue weighted by Gasteiger charge is 2.12. The lowest BCUT2D eigenvalue weighted by Crippen LogP contribution is -2.04. The number of ether oxygens (including phenoxy) is 1. The molecule has 0 unspecified atom stereocenters. The Labute approximate surface area is 123 Å². The first-order valence-electron chi connectivity index (χ1n) is 6.49. The minimum absolute atomic E-state index is 0.0646. The summed E-state index contributed by atoms with van der Waals surface area (Å²) in [4.78, 5) is 0. The van der Waals surface area contributed by atoms with Gasteiger partial charge in [0.05, 0.1) is 6.54 Å². The first kappa shape index (κ1) is 14.2. The lowest BCUT2D eigenvalue weighted by Gasteiger charge is -2.07. The molecule has 3 aromatic rings. The van der Waals surface area contributed by atoms with Crippen LogP contribution in [-0.2, 0) is 6.54 Å². The van der Waals surface area contributed by atoms with Crippen molar-refractivity contribution in [2.75, 3.05) is 5.73 Å². The molecule has 1 heterocycles. The van der Waals surface area contributed by atoms with Crippen LogP contribution in [-0.4, -0.2) is 16.4 Å². The van der Waals surface area contributed by atoms with Gasteiger partial charge in [-0.05, 0) is 29.8 Å². The number of alkyl halides is 2. The summed E-state index contributed by atoms with van der Waals surface area (Å²) in [6.07, 6.45) is 0. The molecule has 4 nitrogen and oxygen atoms in total. The van der Waals surface area contributed by atoms with Crippen molar-refractivity contribution >= 4 is 16.7 Å². The molecule has 0 atom stereocenters. The molecule has 0 fully saturated rings. The molecule has 0 aliphatic carbocycles. The monoisotopic (exact) mass is 307 g/mol. The summed E-state index contributed by atoms with van der Waals surface area (Å²) in [5, 5.41) is 4.66. The molecular formula is C15H12F3N3O. The number of aromatic nitrogens is 2. The van der Waals surface area contributed by atoms with Gasteiger partial charge in [-0.2, -0.15) is 13.9 Å². The summed E-state index contributed by atoms with van der Waals surface area (Å²) in [7, 11) is 0. The Hall–Kier alpha value is -2.70. The Bertz CT molecular complexity index is 800. The van der Waals surface area contributed by atoms with E-state index in [-0.39, 0.29) is 18.1 Å². The molecule has 7 heteroatoms. The van der Waals surface area contributed by atoms with Crippen LogP contribution in [0.25, 0.3) is 10.9 Å². The Morgan fingerprint density at radius 2 is 1.86 bits per heavy atom. The van der Waals surface area contributed by atoms with Gasteiger partial charge in [-0.1, -0.05) is 18.2 Å². The molecule has 0 aliphatic rings. The normalized spacial score (nSPS) is 11.3. The largest absolute Gasteiger partial charge is 0.435 e. The molecule has 0 radical (unpaired) electrons. The molecule has 1 aromatic heterocycles. The second kappa shape index (κ2) is 5.59. The molecule has 0 bridgehead atoms. The zero-order chi connectivity index (χ0) is 15.7. The van der Waals surface area contributed by atoms with E-state index < -0.39 is 12.4 Å². The third-order valence-corrected chi connectivity index (χ3v) is 3.23. The summed E-state index contributed by atoms with van der Waals surface area (Å²) < 4.78 is 43.9. The minimum Gasteiger partial charge on any atom is -0.435 e. The fourth-order valence-corrected chi connectivity index (χ4v) is 2.28. The van der Waals surface area contributed by atoms with Crippen LogP contribution in [0.3, 0.4) is 0 Å². The Morgan fingerprint density at radius 1 is 1.14 bits per heavy atom. The van der Waals surface area contributed by atoms with Gasteiger partial charge >= 0.3 is 6.61 Å². The number of hydrogen-bond donors (Lipinski definition) is 1. The number of hydrogen-bond acceptors (Lipinski definition) is 3. The predicted octanol–water partition coefficient (Wildman–Crippen LogP) is 3.41. The number of halogens is 3. The van der Waals surface area contributed by atoms with Crippen molar-refractivity contribution in [1.29, 1.82) is 0 Å². The zero-order valence-corrected chi connectivity index (χ0v) is 11.3. The maximum Gasteiger partial charge on any atom is 0.387 e. The number of para-hydroxylation sites is 1. The Morgan fingerprint density at radius 3 is 2.55 bits per heavy atom. The molecular weight excluding hydrogens is 295 g/mol. The highest BCUT2D eigenvalue weighted by atomic mass is 19.3. The van der Waals surface area contributed by atoms with Crippen molar-refractivity contribution in [2.45, 2.75) is 13.2 Å². The summed E-state index contributed by atoms with van der Waals surface area (Å²) in [5.41, 5.74) is 6.85. The lowest BCUT2D eigenvalue weighted by atomic mass is 10.2. The van der Waals surface area contributed by atoms with E-state index in [1.807, 2.05) is 0 Å². The highest BCUT2D eigenvalue weighted by Crippen LogP contribution is 2.24. The van der Waals surface area contributed by atoms with Gasteiger partial charge in [0.1, 0.15) is 17.1 Å². The average Bonchev–Trinajstić information content (AvgIpc) is 2.78. The summed E-state index contributed by atoms with van der Waals surface area (Å²) >= 11 is 0. The smallest absolute Gasteiger partial charge is 0.387 e. The van der Waals surface area contributed by atoms with Crippen LogP contribution in [0.2, 0.25) is 0 Å². The standard InChI is InChI=1S/C15H12F3N3O/c16-12-3-1-2-11-13(12)21(20-14(11)19)8-9-4-6-10(7-5-9)22-15(17)18/h1-7,15H,8H2,(H2,19,20). The topological polar surface area (TPSA) is 53.1 Å². The number of fused-ring (bicyclic) bond motifs is 1. The van der Waals surface area contributed by atoms with Gasteiger partial charge in [-0.25, -0.2) is 4.39 Å². The van der Waals surface area contributed by atoms with Crippen LogP contribution < -0.4 is 10.5 Å². The van der Waals surface area contributed by atoms with E-state index >= 15 is 0 Å². The van der Waals surface area contributed by atoms with E-state index in [4.69, 9.17) is 5.73 Å². The van der Waals surface area contributed by atoms with Crippen LogP contribution in [0.15, 0.2) is 42.5 Å². The first-order chi connectivity index (χ1) is 10.5. The van der Waals surface area contributed by atoms with E-state index in [1.165, 1.54) is 22.9 Å². The molecule has 0 spiro atoms. The van der Waals surface area contributed by atoms with Crippen molar-refractivity contribution in [2.24, 2.45) is 0 Å². The number of nitrogens with two attached hydrogens (primary N) is 1. The second-order valence-electron chi connectivity index (χ2n) is 4.70. The van der Waals surface area contributed by atoms with Crippen molar-refractivity contribution in [1.82, 2.24) is 9.78 Å². The average molecular weight is 307 g/mol. The van der Waals surface area contributed by atoms with Gasteiger partial charge in [0.15, 0.2) is 5.82 Å². The summed E-state index contributed by atoms with van der Waals surface area (Å²) in [6.45, 7) is -2.60. The highest BCUT2D eigenvalue weighted by molar-refractivity contribution is 5.89. The summed E-state index contributed by atoms with van der Waals surface area (Å²) in [5.74, 6) is -0.110. The molecule has 0 saturated carbocycles. The van der Waals surface area contributed by atoms with E-state index in [0.29, 0.717) is 10.9 Å². The van der Waals surface area contributed by atoms with Crippen LogP contribution in [0.5, 0.6) is 5.75 Å². The zero-order valence-electron chi connectivity index (χ0n) is 11.3. The van der Waals surface area contributed by atoms with Crippen molar-refractivity contribution in [3.63, 3.8) is 0 Å². The third kappa shape index (κ3) is 2.69. The molecule has 0 aliphatic heterocycles. The van der Waals surface area contributed by atoms with Gasteiger partial charge in [0.25, 0.3) is 0 Å². The van der Waals surface area contributed by atoms with Gasteiger partial charge in [-0.3, -0.25) is 4.68 Å². The Kier molecular flexibility index (Phi) is 3.62. The Balaban J connectivity index is 1.90. The van der Waals surface area contributed by atoms with Gasteiger partial charge < -0.3 is 10.5 Å². The second-order valence-corrected chi connectivity index (χ2v) is 4.70. The van der Waals surface area contributed by atoms with Crippen molar-refractivity contribution in [3.8, 4) is 5.75 Å². The fourth-order valence-electron chi connectivity index (χ4n) is 2.28. The van der Waals surface area contributed by atoms with Crippen molar-refractivity contribution < 1.29 is 17.9 Å².